The van der Waals surface area contributed by atoms with Crippen LogP contribution in [0.25, 0.3) is 0 Å². The van der Waals surface area contributed by atoms with Gasteiger partial charge in [0.05, 0.1) is 0 Å². The Balaban J connectivity index is 2.91. The van der Waals surface area contributed by atoms with Crippen molar-refractivity contribution in [2.75, 3.05) is 13.6 Å². The Morgan fingerprint density at radius 3 is 2.69 bits per heavy atom. The Morgan fingerprint density at radius 1 is 1.38 bits per heavy atom. The van der Waals surface area contributed by atoms with Crippen LogP contribution in [-0.4, -0.2) is 13.6 Å². The molecule has 0 heterocycles. The van der Waals surface area contributed by atoms with E-state index < -0.39 is 17.8 Å². The molecule has 0 amide bonds. The molecule has 0 fully saturated rings. The second-order valence-corrected chi connectivity index (χ2v) is 2.69. The van der Waals surface area contributed by atoms with Crippen LogP contribution < -0.4 is 5.32 Å². The molecule has 0 aliphatic rings. The lowest BCUT2D eigenvalue weighted by molar-refractivity contribution is 0.324. The van der Waals surface area contributed by atoms with Crippen molar-refractivity contribution in [3.8, 4) is 0 Å². The zero-order valence-corrected chi connectivity index (χ0v) is 7.15. The first kappa shape index (κ1) is 10.1. The highest BCUT2D eigenvalue weighted by Gasteiger charge is 2.14. The number of hydrogen-bond acceptors (Lipinski definition) is 1. The van der Waals surface area contributed by atoms with Crippen LogP contribution in [0.4, 0.5) is 13.2 Å². The molecule has 0 aliphatic heterocycles. The van der Waals surface area contributed by atoms with Crippen molar-refractivity contribution in [1.29, 1.82) is 0 Å². The number of halogens is 3. The molecular formula is C9H10F3N. The second-order valence-electron chi connectivity index (χ2n) is 2.69. The molecule has 72 valence electrons. The lowest BCUT2D eigenvalue weighted by Crippen LogP contribution is -2.14. The van der Waals surface area contributed by atoms with Gasteiger partial charge in [-0.25, -0.2) is 13.2 Å². The van der Waals surface area contributed by atoms with Gasteiger partial charge in [0.2, 0.25) is 0 Å². The summed E-state index contributed by atoms with van der Waals surface area (Å²) in [6, 6.07) is 2.76. The number of rotatable bonds is 3. The van der Waals surface area contributed by atoms with Crippen LogP contribution in [0.15, 0.2) is 18.2 Å². The van der Waals surface area contributed by atoms with Gasteiger partial charge in [-0.2, -0.15) is 0 Å². The topological polar surface area (TPSA) is 12.0 Å². The molecule has 0 saturated heterocycles. The Morgan fingerprint density at radius 2 is 2.08 bits per heavy atom. The van der Waals surface area contributed by atoms with Gasteiger partial charge in [-0.1, -0.05) is 0 Å². The van der Waals surface area contributed by atoms with E-state index >= 15 is 0 Å². The van der Waals surface area contributed by atoms with Crippen molar-refractivity contribution in [2.45, 2.75) is 6.17 Å². The van der Waals surface area contributed by atoms with Crippen LogP contribution >= 0.6 is 0 Å². The summed E-state index contributed by atoms with van der Waals surface area (Å²) in [5.74, 6) is -1.35. The molecule has 1 nitrogen and oxygen atoms in total. The average molecular weight is 189 g/mol. The third-order valence-electron chi connectivity index (χ3n) is 1.68. The Kier molecular flexibility index (Phi) is 3.31. The molecule has 4 heteroatoms. The molecule has 1 aromatic carbocycles. The predicted molar refractivity (Wildman–Crippen MR) is 44.1 cm³/mol. The molecule has 0 aliphatic carbocycles. The SMILES string of the molecule is CNCC(F)c1cc(F)ccc1F. The van der Waals surface area contributed by atoms with Gasteiger partial charge in [-0.15, -0.1) is 0 Å². The Bertz CT molecular complexity index is 288. The second kappa shape index (κ2) is 4.28. The monoisotopic (exact) mass is 189 g/mol. The van der Waals surface area contributed by atoms with Gasteiger partial charge in [0, 0.05) is 12.1 Å². The van der Waals surface area contributed by atoms with Crippen LogP contribution in [0, 0.1) is 11.6 Å². The van der Waals surface area contributed by atoms with E-state index in [1.165, 1.54) is 0 Å². The maximum absolute atomic E-state index is 13.1. The minimum absolute atomic E-state index is 0.0274. The highest BCUT2D eigenvalue weighted by molar-refractivity contribution is 5.21. The van der Waals surface area contributed by atoms with Gasteiger partial charge in [-0.3, -0.25) is 0 Å². The quantitative estimate of drug-likeness (QED) is 0.768. The van der Waals surface area contributed by atoms with Crippen LogP contribution in [0.3, 0.4) is 0 Å². The predicted octanol–water partition coefficient (Wildman–Crippen LogP) is 2.19. The number of hydrogen-bond donors (Lipinski definition) is 1. The van der Waals surface area contributed by atoms with E-state index in [2.05, 4.69) is 5.32 Å². The lowest BCUT2D eigenvalue weighted by atomic mass is 10.1. The van der Waals surface area contributed by atoms with Gasteiger partial charge >= 0.3 is 0 Å². The number of likely N-dealkylation sites (N-methyl/N-ethyl adjacent to an activating group) is 1. The maximum atomic E-state index is 13.1. The first-order chi connectivity index (χ1) is 6.15. The Labute approximate surface area is 74.6 Å². The van der Waals surface area contributed by atoms with Crippen molar-refractivity contribution in [1.82, 2.24) is 5.32 Å². The number of nitrogens with one attached hydrogen (secondary N) is 1. The summed E-state index contributed by atoms with van der Waals surface area (Å²) >= 11 is 0. The normalized spacial score (nSPS) is 12.9. The summed E-state index contributed by atoms with van der Waals surface area (Å²) < 4.78 is 38.6. The smallest absolute Gasteiger partial charge is 0.140 e. The third-order valence-corrected chi connectivity index (χ3v) is 1.68. The van der Waals surface area contributed by atoms with Crippen LogP contribution in [-0.2, 0) is 0 Å². The molecule has 0 saturated carbocycles. The van der Waals surface area contributed by atoms with Gasteiger partial charge in [0.25, 0.3) is 0 Å². The number of benzene rings is 1. The lowest BCUT2D eigenvalue weighted by Gasteiger charge is -2.08. The van der Waals surface area contributed by atoms with Gasteiger partial charge in [0.15, 0.2) is 0 Å². The van der Waals surface area contributed by atoms with Crippen LogP contribution in [0.1, 0.15) is 11.7 Å². The van der Waals surface area contributed by atoms with Crippen molar-refractivity contribution < 1.29 is 13.2 Å². The van der Waals surface area contributed by atoms with E-state index in [0.717, 1.165) is 18.2 Å². The van der Waals surface area contributed by atoms with Gasteiger partial charge < -0.3 is 5.32 Å². The molecule has 1 atom stereocenters. The fraction of sp³-hybridized carbons (Fsp3) is 0.333. The van der Waals surface area contributed by atoms with Gasteiger partial charge in [0.1, 0.15) is 17.8 Å². The fourth-order valence-corrected chi connectivity index (χ4v) is 1.04. The third kappa shape index (κ3) is 2.45. The van der Waals surface area contributed by atoms with E-state index in [1.54, 1.807) is 7.05 Å². The molecule has 1 N–H and O–H groups in total. The van der Waals surface area contributed by atoms with Crippen molar-refractivity contribution >= 4 is 0 Å². The number of alkyl halides is 1. The highest BCUT2D eigenvalue weighted by Crippen LogP contribution is 2.20. The highest BCUT2D eigenvalue weighted by atomic mass is 19.1. The largest absolute Gasteiger partial charge is 0.317 e. The molecule has 0 bridgehead atoms. The maximum Gasteiger partial charge on any atom is 0.140 e. The molecule has 1 unspecified atom stereocenters. The summed E-state index contributed by atoms with van der Waals surface area (Å²) in [5, 5.41) is 2.55. The van der Waals surface area contributed by atoms with Crippen molar-refractivity contribution in [3.05, 3.63) is 35.4 Å². The molecule has 1 rings (SSSR count). The van der Waals surface area contributed by atoms with Crippen molar-refractivity contribution in [3.63, 3.8) is 0 Å². The zero-order chi connectivity index (χ0) is 9.84. The van der Waals surface area contributed by atoms with E-state index in [9.17, 15) is 13.2 Å². The van der Waals surface area contributed by atoms with E-state index in [-0.39, 0.29) is 12.1 Å². The van der Waals surface area contributed by atoms with Crippen LogP contribution in [0.5, 0.6) is 0 Å². The summed E-state index contributed by atoms with van der Waals surface area (Å²) in [6.07, 6.45) is -1.51. The fourth-order valence-electron chi connectivity index (χ4n) is 1.04. The average Bonchev–Trinajstić information content (AvgIpc) is 2.09. The first-order valence-electron chi connectivity index (χ1n) is 3.88. The summed E-state index contributed by atoms with van der Waals surface area (Å²) in [7, 11) is 1.55. The van der Waals surface area contributed by atoms with Gasteiger partial charge in [-0.05, 0) is 25.2 Å². The molecule has 1 aromatic rings. The molecular weight excluding hydrogens is 179 g/mol. The molecule has 13 heavy (non-hydrogen) atoms. The zero-order valence-electron chi connectivity index (χ0n) is 7.15. The summed E-state index contributed by atoms with van der Waals surface area (Å²) in [5.41, 5.74) is -0.241. The van der Waals surface area contributed by atoms with E-state index in [1.807, 2.05) is 0 Å². The van der Waals surface area contributed by atoms with Crippen molar-refractivity contribution in [2.24, 2.45) is 0 Å². The molecule has 0 aromatic heterocycles. The Hall–Kier alpha value is -1.03. The minimum atomic E-state index is -1.51. The summed E-state index contributed by atoms with van der Waals surface area (Å²) in [6.45, 7) is -0.0274. The first-order valence-corrected chi connectivity index (χ1v) is 3.88. The van der Waals surface area contributed by atoms with E-state index in [4.69, 9.17) is 0 Å². The summed E-state index contributed by atoms with van der Waals surface area (Å²) in [4.78, 5) is 0. The minimum Gasteiger partial charge on any atom is -0.317 e. The molecule has 0 spiro atoms. The van der Waals surface area contributed by atoms with E-state index in [0.29, 0.717) is 0 Å². The van der Waals surface area contributed by atoms with Crippen LogP contribution in [0.2, 0.25) is 0 Å². The molecule has 0 radical (unpaired) electrons. The standard InChI is InChI=1S/C9H10F3N/c1-13-5-9(12)7-4-6(10)2-3-8(7)11/h2-4,9,13H,5H2,1H3.